The van der Waals surface area contributed by atoms with Crippen molar-refractivity contribution in [2.45, 2.75) is 20.5 Å². The largest absolute Gasteiger partial charge is 0.481 e. The van der Waals surface area contributed by atoms with E-state index in [0.717, 1.165) is 5.56 Å². The van der Waals surface area contributed by atoms with Gasteiger partial charge in [-0.3, -0.25) is 4.79 Å². The molecule has 0 saturated carbocycles. The summed E-state index contributed by atoms with van der Waals surface area (Å²) in [5, 5.41) is 11.6. The van der Waals surface area contributed by atoms with Crippen molar-refractivity contribution in [1.82, 2.24) is 10.2 Å². The van der Waals surface area contributed by atoms with Gasteiger partial charge in [0.25, 0.3) is 0 Å². The fraction of sp³-hybridized carbons (Fsp3) is 0.529. The zero-order valence-electron chi connectivity index (χ0n) is 14.0. The summed E-state index contributed by atoms with van der Waals surface area (Å²) >= 11 is 0. The molecule has 0 aliphatic rings. The highest BCUT2D eigenvalue weighted by atomic mass is 16.5. The van der Waals surface area contributed by atoms with Crippen molar-refractivity contribution in [3.63, 3.8) is 0 Å². The van der Waals surface area contributed by atoms with Crippen LogP contribution in [0, 0.1) is 11.8 Å². The van der Waals surface area contributed by atoms with Crippen LogP contribution in [0.2, 0.25) is 0 Å². The van der Waals surface area contributed by atoms with Crippen molar-refractivity contribution in [3.05, 3.63) is 35.9 Å². The maximum Gasteiger partial charge on any atom is 0.317 e. The van der Waals surface area contributed by atoms with Gasteiger partial charge in [0.15, 0.2) is 0 Å². The van der Waals surface area contributed by atoms with E-state index in [9.17, 15) is 9.59 Å². The number of aliphatic carboxylic acids is 1. The number of amides is 2. The van der Waals surface area contributed by atoms with Gasteiger partial charge in [0, 0.05) is 20.1 Å². The Hall–Kier alpha value is -2.08. The third-order valence-electron chi connectivity index (χ3n) is 3.43. The van der Waals surface area contributed by atoms with Crippen LogP contribution in [0.1, 0.15) is 19.4 Å². The van der Waals surface area contributed by atoms with Crippen molar-refractivity contribution >= 4 is 12.0 Å². The van der Waals surface area contributed by atoms with Gasteiger partial charge in [-0.25, -0.2) is 4.79 Å². The molecule has 0 fully saturated rings. The number of benzene rings is 1. The van der Waals surface area contributed by atoms with Gasteiger partial charge in [-0.05, 0) is 11.5 Å². The van der Waals surface area contributed by atoms with E-state index < -0.39 is 11.9 Å². The Morgan fingerprint density at radius 2 is 1.91 bits per heavy atom. The summed E-state index contributed by atoms with van der Waals surface area (Å²) in [7, 11) is 1.59. The number of carboxylic acids is 1. The number of nitrogens with one attached hydrogen (secondary N) is 1. The summed E-state index contributed by atoms with van der Waals surface area (Å²) in [4.78, 5) is 24.1. The Labute approximate surface area is 137 Å². The SMILES string of the molecule is CC(CNC(=O)N(C)CC(C)C(=O)O)COCc1ccccc1. The maximum absolute atomic E-state index is 11.9. The zero-order valence-corrected chi connectivity index (χ0v) is 14.0. The second-order valence-corrected chi connectivity index (χ2v) is 5.91. The Morgan fingerprint density at radius 3 is 2.52 bits per heavy atom. The number of ether oxygens (including phenoxy) is 1. The van der Waals surface area contributed by atoms with E-state index in [1.807, 2.05) is 37.3 Å². The third kappa shape index (κ3) is 7.65. The molecule has 23 heavy (non-hydrogen) atoms. The van der Waals surface area contributed by atoms with Crippen molar-refractivity contribution < 1.29 is 19.4 Å². The highest BCUT2D eigenvalue weighted by Crippen LogP contribution is 2.03. The summed E-state index contributed by atoms with van der Waals surface area (Å²) in [6.07, 6.45) is 0. The molecule has 0 aromatic heterocycles. The second kappa shape index (κ2) is 9.84. The van der Waals surface area contributed by atoms with E-state index in [-0.39, 0.29) is 18.5 Å². The van der Waals surface area contributed by atoms with Crippen molar-refractivity contribution in [3.8, 4) is 0 Å². The number of hydrogen-bond donors (Lipinski definition) is 2. The lowest BCUT2D eigenvalue weighted by Crippen LogP contribution is -2.42. The first-order chi connectivity index (χ1) is 10.9. The quantitative estimate of drug-likeness (QED) is 0.730. The van der Waals surface area contributed by atoms with Crippen LogP contribution in [0.4, 0.5) is 4.79 Å². The number of rotatable bonds is 9. The van der Waals surface area contributed by atoms with E-state index in [2.05, 4.69) is 5.32 Å². The van der Waals surface area contributed by atoms with Crippen LogP contribution in [0.5, 0.6) is 0 Å². The number of nitrogens with zero attached hydrogens (tertiary/aromatic N) is 1. The van der Waals surface area contributed by atoms with E-state index in [1.165, 1.54) is 4.90 Å². The van der Waals surface area contributed by atoms with Crippen LogP contribution in [0.25, 0.3) is 0 Å². The second-order valence-electron chi connectivity index (χ2n) is 5.91. The van der Waals surface area contributed by atoms with Gasteiger partial charge in [0.1, 0.15) is 0 Å². The number of carboxylic acid groups (broad SMARTS) is 1. The van der Waals surface area contributed by atoms with Crippen LogP contribution in [0.15, 0.2) is 30.3 Å². The van der Waals surface area contributed by atoms with Gasteiger partial charge in [0.2, 0.25) is 0 Å². The smallest absolute Gasteiger partial charge is 0.317 e. The average molecular weight is 322 g/mol. The highest BCUT2D eigenvalue weighted by molar-refractivity contribution is 5.75. The van der Waals surface area contributed by atoms with Crippen molar-refractivity contribution in [2.75, 3.05) is 26.7 Å². The standard InChI is InChI=1S/C17H26N2O4/c1-13(11-23-12-15-7-5-4-6-8-15)9-18-17(22)19(3)10-14(2)16(20)21/h4-8,13-14H,9-12H2,1-3H3,(H,18,22)(H,20,21). The molecule has 0 bridgehead atoms. The molecule has 0 radical (unpaired) electrons. The molecule has 0 aliphatic heterocycles. The molecule has 1 rings (SSSR count). The molecule has 6 heteroatoms. The van der Waals surface area contributed by atoms with E-state index >= 15 is 0 Å². The predicted octanol–water partition coefficient (Wildman–Crippen LogP) is 2.20. The molecule has 1 aromatic carbocycles. The molecule has 0 saturated heterocycles. The molecule has 0 spiro atoms. The molecule has 2 atom stereocenters. The third-order valence-corrected chi connectivity index (χ3v) is 3.43. The average Bonchev–Trinajstić information content (AvgIpc) is 2.53. The van der Waals surface area contributed by atoms with Crippen molar-refractivity contribution in [1.29, 1.82) is 0 Å². The van der Waals surface area contributed by atoms with Gasteiger partial charge in [0.05, 0.1) is 19.1 Å². The fourth-order valence-corrected chi connectivity index (χ4v) is 1.98. The summed E-state index contributed by atoms with van der Waals surface area (Å²) in [5.74, 6) is -1.32. The molecule has 2 unspecified atom stereocenters. The number of carbonyl (C=O) groups is 2. The Morgan fingerprint density at radius 1 is 1.26 bits per heavy atom. The van der Waals surface area contributed by atoms with Gasteiger partial charge in [-0.15, -0.1) is 0 Å². The normalized spacial score (nSPS) is 13.2. The minimum absolute atomic E-state index is 0.174. The Balaban J connectivity index is 2.20. The number of carbonyl (C=O) groups excluding carboxylic acids is 1. The van der Waals surface area contributed by atoms with E-state index in [0.29, 0.717) is 19.8 Å². The molecule has 2 N–H and O–H groups in total. The minimum atomic E-state index is -0.910. The first-order valence-electron chi connectivity index (χ1n) is 7.73. The summed E-state index contributed by atoms with van der Waals surface area (Å²) in [5.41, 5.74) is 1.12. The maximum atomic E-state index is 11.9. The van der Waals surface area contributed by atoms with E-state index in [4.69, 9.17) is 9.84 Å². The fourth-order valence-electron chi connectivity index (χ4n) is 1.98. The van der Waals surface area contributed by atoms with Crippen LogP contribution >= 0.6 is 0 Å². The van der Waals surface area contributed by atoms with Crippen molar-refractivity contribution in [2.24, 2.45) is 11.8 Å². The first-order valence-corrected chi connectivity index (χ1v) is 7.73. The minimum Gasteiger partial charge on any atom is -0.481 e. The number of urea groups is 1. The van der Waals surface area contributed by atoms with Gasteiger partial charge < -0.3 is 20.1 Å². The molecule has 2 amide bonds. The first kappa shape index (κ1) is 19.0. The molecule has 0 heterocycles. The van der Waals surface area contributed by atoms with Crippen LogP contribution in [-0.4, -0.2) is 48.8 Å². The monoisotopic (exact) mass is 322 g/mol. The predicted molar refractivity (Wildman–Crippen MR) is 88.1 cm³/mol. The molecule has 128 valence electrons. The molecule has 0 aliphatic carbocycles. The van der Waals surface area contributed by atoms with Gasteiger partial charge >= 0.3 is 12.0 Å². The molecule has 6 nitrogen and oxygen atoms in total. The topological polar surface area (TPSA) is 78.9 Å². The molecular weight excluding hydrogens is 296 g/mol. The lowest BCUT2D eigenvalue weighted by Gasteiger charge is -2.21. The van der Waals surface area contributed by atoms with Gasteiger partial charge in [-0.2, -0.15) is 0 Å². The summed E-state index contributed by atoms with van der Waals surface area (Å²) in [6, 6.07) is 9.64. The zero-order chi connectivity index (χ0) is 17.2. The lowest BCUT2D eigenvalue weighted by molar-refractivity contribution is -0.141. The molecular formula is C17H26N2O4. The molecule has 1 aromatic rings. The Bertz CT molecular complexity index is 493. The van der Waals surface area contributed by atoms with Crippen LogP contribution in [0.3, 0.4) is 0 Å². The van der Waals surface area contributed by atoms with Crippen LogP contribution in [-0.2, 0) is 16.1 Å². The summed E-state index contributed by atoms with van der Waals surface area (Å²) in [6.45, 7) is 5.33. The summed E-state index contributed by atoms with van der Waals surface area (Å²) < 4.78 is 5.63. The Kier molecular flexibility index (Phi) is 8.11. The van der Waals surface area contributed by atoms with Crippen LogP contribution < -0.4 is 5.32 Å². The lowest BCUT2D eigenvalue weighted by atomic mass is 10.2. The number of hydrogen-bond acceptors (Lipinski definition) is 3. The highest BCUT2D eigenvalue weighted by Gasteiger charge is 2.17. The van der Waals surface area contributed by atoms with E-state index in [1.54, 1.807) is 14.0 Å². The van der Waals surface area contributed by atoms with Gasteiger partial charge in [-0.1, -0.05) is 44.2 Å².